The smallest absolute Gasteiger partial charge is 0.291 e. The number of imidazole rings is 1. The number of aromatic nitrogens is 4. The number of aromatic amines is 1. The van der Waals surface area contributed by atoms with E-state index in [4.69, 9.17) is 11.6 Å². The standard InChI is InChI=1S/C13H9ClFN5O/c1-6-2-9-10(3-8(6)15)20-11(19-9)12(21)18-7-4-16-13(14)17-5-7/h2-5H,1H3,(H,18,21)(H,19,20). The summed E-state index contributed by atoms with van der Waals surface area (Å²) >= 11 is 5.56. The number of aryl methyl sites for hydroxylation is 1. The van der Waals surface area contributed by atoms with Crippen molar-refractivity contribution in [2.24, 2.45) is 0 Å². The van der Waals surface area contributed by atoms with Crippen molar-refractivity contribution in [2.75, 3.05) is 5.32 Å². The van der Waals surface area contributed by atoms with E-state index in [1.807, 2.05) is 0 Å². The summed E-state index contributed by atoms with van der Waals surface area (Å²) in [5.74, 6) is -0.771. The number of carbonyl (C=O) groups is 1. The van der Waals surface area contributed by atoms with E-state index in [0.717, 1.165) is 0 Å². The van der Waals surface area contributed by atoms with Crippen LogP contribution in [-0.2, 0) is 0 Å². The molecule has 21 heavy (non-hydrogen) atoms. The van der Waals surface area contributed by atoms with Crippen molar-refractivity contribution in [1.29, 1.82) is 0 Å². The second kappa shape index (κ2) is 5.10. The molecule has 0 bridgehead atoms. The van der Waals surface area contributed by atoms with E-state index < -0.39 is 5.91 Å². The fourth-order valence-electron chi connectivity index (χ4n) is 1.81. The average Bonchev–Trinajstić information content (AvgIpc) is 2.85. The summed E-state index contributed by atoms with van der Waals surface area (Å²) in [6.45, 7) is 1.64. The second-order valence-electron chi connectivity index (χ2n) is 4.40. The minimum absolute atomic E-state index is 0.0740. The lowest BCUT2D eigenvalue weighted by molar-refractivity contribution is 0.101. The Kier molecular flexibility index (Phi) is 3.26. The monoisotopic (exact) mass is 305 g/mol. The second-order valence-corrected chi connectivity index (χ2v) is 4.74. The molecule has 0 aliphatic rings. The number of hydrogen-bond acceptors (Lipinski definition) is 4. The minimum atomic E-state index is -0.477. The lowest BCUT2D eigenvalue weighted by Crippen LogP contribution is -2.13. The van der Waals surface area contributed by atoms with Crippen molar-refractivity contribution in [2.45, 2.75) is 6.92 Å². The Labute approximate surface area is 123 Å². The molecule has 0 radical (unpaired) electrons. The lowest BCUT2D eigenvalue weighted by atomic mass is 10.2. The zero-order valence-electron chi connectivity index (χ0n) is 10.8. The molecule has 1 aromatic carbocycles. The summed E-state index contributed by atoms with van der Waals surface area (Å²) < 4.78 is 13.5. The predicted octanol–water partition coefficient (Wildman–Crippen LogP) is 2.71. The van der Waals surface area contributed by atoms with Crippen molar-refractivity contribution in [1.82, 2.24) is 19.9 Å². The average molecular weight is 306 g/mol. The van der Waals surface area contributed by atoms with Crippen LogP contribution in [0.5, 0.6) is 0 Å². The van der Waals surface area contributed by atoms with Crippen molar-refractivity contribution >= 4 is 34.2 Å². The molecule has 0 saturated carbocycles. The van der Waals surface area contributed by atoms with Gasteiger partial charge in [0.15, 0.2) is 5.82 Å². The molecule has 0 saturated heterocycles. The SMILES string of the molecule is Cc1cc2[nH]c(C(=O)Nc3cnc(Cl)nc3)nc2cc1F. The Bertz CT molecular complexity index is 791. The summed E-state index contributed by atoms with van der Waals surface area (Å²) in [7, 11) is 0. The Hall–Kier alpha value is -2.54. The molecule has 6 nitrogen and oxygen atoms in total. The van der Waals surface area contributed by atoms with Crippen LogP contribution in [-0.4, -0.2) is 25.8 Å². The van der Waals surface area contributed by atoms with Gasteiger partial charge in [-0.2, -0.15) is 0 Å². The van der Waals surface area contributed by atoms with Crippen LogP contribution in [0.1, 0.15) is 16.2 Å². The van der Waals surface area contributed by atoms with Gasteiger partial charge in [-0.15, -0.1) is 0 Å². The van der Waals surface area contributed by atoms with Crippen LogP contribution in [0.4, 0.5) is 10.1 Å². The van der Waals surface area contributed by atoms with Gasteiger partial charge >= 0.3 is 0 Å². The third-order valence-electron chi connectivity index (χ3n) is 2.86. The first-order valence-corrected chi connectivity index (χ1v) is 6.35. The first-order valence-electron chi connectivity index (χ1n) is 5.97. The number of benzene rings is 1. The number of fused-ring (bicyclic) bond motifs is 1. The number of nitrogens with zero attached hydrogens (tertiary/aromatic N) is 3. The molecule has 3 rings (SSSR count). The van der Waals surface area contributed by atoms with Crippen LogP contribution in [0.25, 0.3) is 11.0 Å². The zero-order valence-corrected chi connectivity index (χ0v) is 11.6. The topological polar surface area (TPSA) is 83.6 Å². The van der Waals surface area contributed by atoms with Crippen LogP contribution in [0.15, 0.2) is 24.5 Å². The quantitative estimate of drug-likeness (QED) is 0.713. The maximum Gasteiger partial charge on any atom is 0.291 e. The zero-order chi connectivity index (χ0) is 15.0. The molecule has 0 fully saturated rings. The van der Waals surface area contributed by atoms with Gasteiger partial charge in [0.25, 0.3) is 5.91 Å². The van der Waals surface area contributed by atoms with E-state index in [9.17, 15) is 9.18 Å². The van der Waals surface area contributed by atoms with E-state index in [1.54, 1.807) is 13.0 Å². The number of H-pyrrole nitrogens is 1. The molecule has 0 unspecified atom stereocenters. The number of hydrogen-bond donors (Lipinski definition) is 2. The van der Waals surface area contributed by atoms with Crippen LogP contribution in [0, 0.1) is 12.7 Å². The van der Waals surface area contributed by atoms with Gasteiger partial charge in [-0.1, -0.05) is 0 Å². The van der Waals surface area contributed by atoms with E-state index in [1.165, 1.54) is 18.5 Å². The van der Waals surface area contributed by atoms with Crippen molar-refractivity contribution < 1.29 is 9.18 Å². The molecule has 0 spiro atoms. The molecule has 0 aliphatic carbocycles. The molecule has 106 valence electrons. The van der Waals surface area contributed by atoms with Crippen molar-refractivity contribution in [3.8, 4) is 0 Å². The summed E-state index contributed by atoms with van der Waals surface area (Å²) in [5.41, 5.74) is 1.83. The molecular weight excluding hydrogens is 297 g/mol. The highest BCUT2D eigenvalue weighted by Crippen LogP contribution is 2.17. The van der Waals surface area contributed by atoms with E-state index in [2.05, 4.69) is 25.3 Å². The maximum absolute atomic E-state index is 13.5. The molecule has 1 amide bonds. The minimum Gasteiger partial charge on any atom is -0.334 e. The molecular formula is C13H9ClFN5O. The third kappa shape index (κ3) is 2.68. The van der Waals surface area contributed by atoms with E-state index in [0.29, 0.717) is 22.3 Å². The molecule has 0 aliphatic heterocycles. The van der Waals surface area contributed by atoms with Gasteiger partial charge in [0, 0.05) is 6.07 Å². The van der Waals surface area contributed by atoms with E-state index >= 15 is 0 Å². The molecule has 3 aromatic rings. The number of carbonyl (C=O) groups excluding carboxylic acids is 1. The molecule has 2 aromatic heterocycles. The van der Waals surface area contributed by atoms with Crippen LogP contribution < -0.4 is 5.32 Å². The number of amides is 1. The summed E-state index contributed by atoms with van der Waals surface area (Å²) in [6, 6.07) is 2.88. The van der Waals surface area contributed by atoms with Gasteiger partial charge in [-0.3, -0.25) is 4.79 Å². The Morgan fingerprint density at radius 3 is 2.76 bits per heavy atom. The fourth-order valence-corrected chi connectivity index (χ4v) is 1.91. The molecule has 8 heteroatoms. The largest absolute Gasteiger partial charge is 0.334 e. The highest BCUT2D eigenvalue weighted by atomic mass is 35.5. The Balaban J connectivity index is 1.89. The number of rotatable bonds is 2. The maximum atomic E-state index is 13.5. The number of anilines is 1. The predicted molar refractivity (Wildman–Crippen MR) is 75.8 cm³/mol. The number of halogens is 2. The number of nitrogens with one attached hydrogen (secondary N) is 2. The van der Waals surface area contributed by atoms with Crippen molar-refractivity contribution in [3.63, 3.8) is 0 Å². The third-order valence-corrected chi connectivity index (χ3v) is 3.05. The molecule has 0 atom stereocenters. The normalized spacial score (nSPS) is 10.8. The van der Waals surface area contributed by atoms with Gasteiger partial charge < -0.3 is 10.3 Å². The highest BCUT2D eigenvalue weighted by molar-refractivity contribution is 6.28. The summed E-state index contributed by atoms with van der Waals surface area (Å²) in [6.07, 6.45) is 2.75. The molecule has 2 N–H and O–H groups in total. The Morgan fingerprint density at radius 2 is 2.05 bits per heavy atom. The first-order chi connectivity index (χ1) is 10.0. The summed E-state index contributed by atoms with van der Waals surface area (Å²) in [4.78, 5) is 26.4. The van der Waals surface area contributed by atoms with Gasteiger partial charge in [-0.05, 0) is 30.2 Å². The highest BCUT2D eigenvalue weighted by Gasteiger charge is 2.13. The Morgan fingerprint density at radius 1 is 1.33 bits per heavy atom. The summed E-state index contributed by atoms with van der Waals surface area (Å²) in [5, 5.41) is 2.65. The van der Waals surface area contributed by atoms with Gasteiger partial charge in [0.1, 0.15) is 5.82 Å². The van der Waals surface area contributed by atoms with E-state index in [-0.39, 0.29) is 16.9 Å². The van der Waals surface area contributed by atoms with Gasteiger partial charge in [-0.25, -0.2) is 19.3 Å². The first kappa shape index (κ1) is 13.4. The lowest BCUT2D eigenvalue weighted by Gasteiger charge is -2.01. The van der Waals surface area contributed by atoms with Gasteiger partial charge in [0.05, 0.1) is 29.1 Å². The molecule has 2 heterocycles. The van der Waals surface area contributed by atoms with Crippen LogP contribution in [0.2, 0.25) is 5.28 Å². The van der Waals surface area contributed by atoms with Crippen LogP contribution in [0.3, 0.4) is 0 Å². The fraction of sp³-hybridized carbons (Fsp3) is 0.0769. The van der Waals surface area contributed by atoms with Crippen LogP contribution >= 0.6 is 11.6 Å². The van der Waals surface area contributed by atoms with Gasteiger partial charge in [0.2, 0.25) is 5.28 Å². The van der Waals surface area contributed by atoms with Crippen molar-refractivity contribution in [3.05, 3.63) is 47.0 Å².